The van der Waals surface area contributed by atoms with Crippen LogP contribution in [0.5, 0.6) is 5.75 Å². The number of benzene rings is 3. The Morgan fingerprint density at radius 1 is 0.952 bits per heavy atom. The van der Waals surface area contributed by atoms with Crippen molar-refractivity contribution in [2.24, 2.45) is 0 Å². The van der Waals surface area contributed by atoms with Crippen molar-refractivity contribution in [3.05, 3.63) is 94.0 Å². The minimum atomic E-state index is -4.59. The van der Waals surface area contributed by atoms with Gasteiger partial charge in [-0.3, -0.25) is 0 Å². The molecule has 0 unspecified atom stereocenters. The van der Waals surface area contributed by atoms with E-state index in [-0.39, 0.29) is 30.1 Å². The number of nitrogens with zero attached hydrogens (tertiary/aromatic N) is 1. The summed E-state index contributed by atoms with van der Waals surface area (Å²) in [4.78, 5) is 14.9. The second kappa shape index (κ2) is 12.5. The minimum Gasteiger partial charge on any atom is -0.488 e. The lowest BCUT2D eigenvalue weighted by atomic mass is 9.93. The number of anilines is 1. The molecule has 0 amide bonds. The highest BCUT2D eigenvalue weighted by Gasteiger charge is 2.33. The molecule has 1 saturated heterocycles. The van der Waals surface area contributed by atoms with Crippen LogP contribution in [0.4, 0.5) is 27.6 Å². The molecule has 0 N–H and O–H groups in total. The molecule has 1 aliphatic carbocycles. The van der Waals surface area contributed by atoms with E-state index >= 15 is 0 Å². The summed E-state index contributed by atoms with van der Waals surface area (Å²) in [7, 11) is 0. The van der Waals surface area contributed by atoms with Crippen molar-refractivity contribution in [2.75, 3.05) is 37.8 Å². The third-order valence-corrected chi connectivity index (χ3v) is 7.40. The Bertz CT molecular complexity index is 1490. The molecule has 5 nitrogen and oxygen atoms in total. The number of halogens is 5. The number of morpholine rings is 1. The number of hydrogen-bond donors (Lipinski definition) is 0. The van der Waals surface area contributed by atoms with Gasteiger partial charge in [0, 0.05) is 36.0 Å². The predicted octanol–water partition coefficient (Wildman–Crippen LogP) is 7.67. The highest BCUT2D eigenvalue weighted by molar-refractivity contribution is 5.98. The number of alkyl halides is 3. The zero-order valence-electron chi connectivity index (χ0n) is 23.0. The average molecular weight is 588 g/mol. The van der Waals surface area contributed by atoms with Crippen LogP contribution < -0.4 is 9.64 Å². The summed E-state index contributed by atoms with van der Waals surface area (Å²) in [5.74, 6) is -1.89. The Morgan fingerprint density at radius 2 is 1.71 bits per heavy atom. The van der Waals surface area contributed by atoms with Crippen molar-refractivity contribution in [1.29, 1.82) is 0 Å². The topological polar surface area (TPSA) is 48.0 Å². The Labute approximate surface area is 240 Å². The first-order valence-corrected chi connectivity index (χ1v) is 13.8. The molecule has 1 fully saturated rings. The lowest BCUT2D eigenvalue weighted by Gasteiger charge is -2.29. The summed E-state index contributed by atoms with van der Waals surface area (Å²) in [5, 5.41) is 0. The second-order valence-electron chi connectivity index (χ2n) is 10.1. The molecule has 3 aromatic carbocycles. The average Bonchev–Trinajstić information content (AvgIpc) is 3.46. The lowest BCUT2D eigenvalue weighted by Crippen LogP contribution is -2.36. The standard InChI is InChI=1S/C32H30F5NO4/c1-2-41-31(39)22-14-21(15-25(16-22)38-10-12-40-13-11-38)26-4-3-5-27(26)28-17-23(32(35,36)37)7-9-30(28)42-19-20-6-8-24(33)18-29(20)34/h6-9,14-18H,2-5,10-13,19H2,1H3. The molecule has 0 spiro atoms. The summed E-state index contributed by atoms with van der Waals surface area (Å²) in [5.41, 5.74) is 2.78. The van der Waals surface area contributed by atoms with Gasteiger partial charge < -0.3 is 19.1 Å². The van der Waals surface area contributed by atoms with Gasteiger partial charge in [-0.1, -0.05) is 0 Å². The molecule has 3 aromatic rings. The zero-order chi connectivity index (χ0) is 29.9. The molecule has 1 heterocycles. The highest BCUT2D eigenvalue weighted by Crippen LogP contribution is 2.45. The zero-order valence-corrected chi connectivity index (χ0v) is 23.0. The molecule has 1 aliphatic heterocycles. The number of hydrogen-bond acceptors (Lipinski definition) is 5. The fourth-order valence-corrected chi connectivity index (χ4v) is 5.34. The van der Waals surface area contributed by atoms with E-state index in [2.05, 4.69) is 4.90 Å². The highest BCUT2D eigenvalue weighted by atomic mass is 19.4. The van der Waals surface area contributed by atoms with Gasteiger partial charge in [-0.05, 0) is 91.4 Å². The van der Waals surface area contributed by atoms with E-state index < -0.39 is 29.3 Å². The SMILES string of the molecule is CCOC(=O)c1cc(C2=C(c3cc(C(F)(F)F)ccc3OCc3ccc(F)cc3F)CCC2)cc(N2CCOCC2)c1. The summed E-state index contributed by atoms with van der Waals surface area (Å²) in [6, 6.07) is 11.7. The van der Waals surface area contributed by atoms with Crippen molar-refractivity contribution < 1.29 is 41.0 Å². The van der Waals surface area contributed by atoms with Gasteiger partial charge in [-0.15, -0.1) is 0 Å². The fraction of sp³-hybridized carbons (Fsp3) is 0.344. The Balaban J connectivity index is 1.60. The van der Waals surface area contributed by atoms with Crippen LogP contribution in [0.25, 0.3) is 11.1 Å². The Kier molecular flexibility index (Phi) is 8.82. The lowest BCUT2D eigenvalue weighted by molar-refractivity contribution is -0.137. The van der Waals surface area contributed by atoms with Gasteiger partial charge in [-0.2, -0.15) is 13.2 Å². The summed E-state index contributed by atoms with van der Waals surface area (Å²) in [6.07, 6.45) is -2.85. The van der Waals surface area contributed by atoms with Gasteiger partial charge in [0.25, 0.3) is 0 Å². The van der Waals surface area contributed by atoms with Crippen molar-refractivity contribution in [2.45, 2.75) is 39.0 Å². The summed E-state index contributed by atoms with van der Waals surface area (Å²) >= 11 is 0. The van der Waals surface area contributed by atoms with E-state index in [1.54, 1.807) is 19.1 Å². The van der Waals surface area contributed by atoms with Crippen LogP contribution in [0.3, 0.4) is 0 Å². The largest absolute Gasteiger partial charge is 0.488 e. The molecular formula is C32H30F5NO4. The number of esters is 1. The first-order valence-electron chi connectivity index (χ1n) is 13.8. The number of rotatable bonds is 8. The quantitative estimate of drug-likeness (QED) is 0.200. The summed E-state index contributed by atoms with van der Waals surface area (Å²) < 4.78 is 85.7. The smallest absolute Gasteiger partial charge is 0.416 e. The molecule has 10 heteroatoms. The van der Waals surface area contributed by atoms with Gasteiger partial charge in [0.05, 0.1) is 30.9 Å². The van der Waals surface area contributed by atoms with Crippen molar-refractivity contribution >= 4 is 22.8 Å². The number of allylic oxidation sites excluding steroid dienone is 2. The number of ether oxygens (including phenoxy) is 3. The maximum absolute atomic E-state index is 14.3. The molecule has 0 atom stereocenters. The third kappa shape index (κ3) is 6.59. The van der Waals surface area contributed by atoms with Gasteiger partial charge in [0.2, 0.25) is 0 Å². The van der Waals surface area contributed by atoms with Crippen LogP contribution >= 0.6 is 0 Å². The van der Waals surface area contributed by atoms with Crippen LogP contribution in [-0.2, 0) is 22.3 Å². The van der Waals surface area contributed by atoms with Crippen molar-refractivity contribution in [1.82, 2.24) is 0 Å². The van der Waals surface area contributed by atoms with Crippen LogP contribution in [0, 0.1) is 11.6 Å². The van der Waals surface area contributed by atoms with Gasteiger partial charge in [0.15, 0.2) is 0 Å². The normalized spacial score (nSPS) is 15.7. The van der Waals surface area contributed by atoms with Crippen LogP contribution in [0.2, 0.25) is 0 Å². The molecule has 2 aliphatic rings. The third-order valence-electron chi connectivity index (χ3n) is 7.40. The van der Waals surface area contributed by atoms with E-state index in [4.69, 9.17) is 14.2 Å². The summed E-state index contributed by atoms with van der Waals surface area (Å²) in [6.45, 7) is 3.94. The van der Waals surface area contributed by atoms with E-state index in [9.17, 15) is 26.7 Å². The molecule has 222 valence electrons. The fourth-order valence-electron chi connectivity index (χ4n) is 5.34. The second-order valence-corrected chi connectivity index (χ2v) is 10.1. The van der Waals surface area contributed by atoms with E-state index in [1.807, 2.05) is 6.07 Å². The maximum atomic E-state index is 14.3. The first-order chi connectivity index (χ1) is 20.1. The number of carbonyl (C=O) groups is 1. The minimum absolute atomic E-state index is 0.0696. The van der Waals surface area contributed by atoms with Crippen molar-refractivity contribution in [3.63, 3.8) is 0 Å². The van der Waals surface area contributed by atoms with E-state index in [0.717, 1.165) is 35.5 Å². The maximum Gasteiger partial charge on any atom is 0.416 e. The van der Waals surface area contributed by atoms with Gasteiger partial charge in [-0.25, -0.2) is 13.6 Å². The first kappa shape index (κ1) is 29.6. The van der Waals surface area contributed by atoms with E-state index in [1.165, 1.54) is 12.1 Å². The van der Waals surface area contributed by atoms with Gasteiger partial charge in [0.1, 0.15) is 24.0 Å². The monoisotopic (exact) mass is 587 g/mol. The molecule has 42 heavy (non-hydrogen) atoms. The Hall–Kier alpha value is -3.92. The Morgan fingerprint density at radius 3 is 2.43 bits per heavy atom. The van der Waals surface area contributed by atoms with Crippen LogP contribution in [0.15, 0.2) is 54.6 Å². The van der Waals surface area contributed by atoms with E-state index in [0.29, 0.717) is 62.3 Å². The predicted molar refractivity (Wildman–Crippen MR) is 148 cm³/mol. The number of carbonyl (C=O) groups excluding carboxylic acids is 1. The molecule has 0 saturated carbocycles. The van der Waals surface area contributed by atoms with Crippen LogP contribution in [0.1, 0.15) is 58.8 Å². The van der Waals surface area contributed by atoms with Gasteiger partial charge >= 0.3 is 12.1 Å². The molecule has 5 rings (SSSR count). The molecule has 0 radical (unpaired) electrons. The molecular weight excluding hydrogens is 557 g/mol. The molecule has 0 aromatic heterocycles. The van der Waals surface area contributed by atoms with Crippen LogP contribution in [-0.4, -0.2) is 38.9 Å². The molecule has 0 bridgehead atoms. The van der Waals surface area contributed by atoms with Crippen molar-refractivity contribution in [3.8, 4) is 5.75 Å².